The van der Waals surface area contributed by atoms with Crippen molar-refractivity contribution in [3.8, 4) is 0 Å². The number of hydrogen-bond donors (Lipinski definition) is 2. The number of fused-ring (bicyclic) bond motifs is 2. The number of aliphatic hydroxyl groups is 1. The molecule has 0 aromatic heterocycles. The largest absolute Gasteiger partial charge is 0.396 e. The average molecular weight is 191 g/mol. The Morgan fingerprint density at radius 2 is 1.77 bits per heavy atom. The molecule has 2 rings (SSSR count). The number of aliphatic hydroxyl groups excluding tert-OH is 1. The van der Waals surface area contributed by atoms with Gasteiger partial charge in [-0.2, -0.15) is 0 Å². The molecule has 1 aliphatic carbocycles. The van der Waals surface area contributed by atoms with Gasteiger partial charge in [0.15, 0.2) is 0 Å². The molecule has 1 heterocycles. The molecule has 1 saturated carbocycles. The summed E-state index contributed by atoms with van der Waals surface area (Å²) in [5.41, 5.74) is 0. The van der Waals surface area contributed by atoms with Crippen LogP contribution in [0, 0.1) is 17.8 Å². The fraction of sp³-hybridized carbons (Fsp3) is 1.00. The molecule has 0 radical (unpaired) electrons. The summed E-state index contributed by atoms with van der Waals surface area (Å²) in [5, 5.41) is 12.2. The number of piperidine rings is 1. The minimum atomic E-state index is -2.50. The van der Waals surface area contributed by atoms with Crippen LogP contribution < -0.4 is 5.32 Å². The van der Waals surface area contributed by atoms with E-state index < -0.39 is 5.92 Å². The van der Waals surface area contributed by atoms with Crippen LogP contribution in [0.2, 0.25) is 0 Å². The van der Waals surface area contributed by atoms with Gasteiger partial charge >= 0.3 is 0 Å². The third-order valence-corrected chi connectivity index (χ3v) is 3.36. The molecule has 2 bridgehead atoms. The first-order chi connectivity index (χ1) is 6.12. The number of nitrogens with one attached hydrogen (secondary N) is 1. The molecule has 76 valence electrons. The van der Waals surface area contributed by atoms with Crippen molar-refractivity contribution in [2.24, 2.45) is 17.8 Å². The van der Waals surface area contributed by atoms with Gasteiger partial charge in [0.2, 0.25) is 5.92 Å². The lowest BCUT2D eigenvalue weighted by Crippen LogP contribution is -2.52. The second-order valence-corrected chi connectivity index (χ2v) is 4.29. The fourth-order valence-corrected chi connectivity index (χ4v) is 2.74. The van der Waals surface area contributed by atoms with Crippen LogP contribution in [-0.2, 0) is 0 Å². The van der Waals surface area contributed by atoms with Crippen LogP contribution in [0.15, 0.2) is 0 Å². The highest BCUT2D eigenvalue weighted by Gasteiger charge is 2.48. The predicted molar refractivity (Wildman–Crippen MR) is 44.6 cm³/mol. The maximum atomic E-state index is 13.1. The summed E-state index contributed by atoms with van der Waals surface area (Å²) >= 11 is 0. The molecule has 0 aromatic rings. The van der Waals surface area contributed by atoms with Crippen molar-refractivity contribution in [3.05, 3.63) is 0 Å². The van der Waals surface area contributed by atoms with E-state index in [0.29, 0.717) is 13.1 Å². The van der Waals surface area contributed by atoms with Gasteiger partial charge in [0.1, 0.15) is 0 Å². The van der Waals surface area contributed by atoms with Crippen LogP contribution >= 0.6 is 0 Å². The topological polar surface area (TPSA) is 32.3 Å². The summed E-state index contributed by atoms with van der Waals surface area (Å²) in [7, 11) is 0. The van der Waals surface area contributed by atoms with Gasteiger partial charge in [0.25, 0.3) is 0 Å². The molecule has 2 atom stereocenters. The molecule has 2 N–H and O–H groups in total. The smallest absolute Gasteiger partial charge is 0.248 e. The van der Waals surface area contributed by atoms with Crippen LogP contribution in [0.4, 0.5) is 8.78 Å². The molecule has 4 heteroatoms. The van der Waals surface area contributed by atoms with E-state index in [-0.39, 0.29) is 37.2 Å². The van der Waals surface area contributed by atoms with Crippen molar-refractivity contribution in [3.63, 3.8) is 0 Å². The Kier molecular flexibility index (Phi) is 2.28. The first-order valence-corrected chi connectivity index (χ1v) is 4.82. The zero-order valence-corrected chi connectivity index (χ0v) is 7.47. The zero-order chi connectivity index (χ0) is 9.47. The molecule has 13 heavy (non-hydrogen) atoms. The SMILES string of the molecule is OCC1C2CNCC1CC(F)(F)C2. The standard InChI is InChI=1S/C9H15F2NO/c10-9(11)1-6-3-12-4-7(2-9)8(6)5-13/h6-8,12-13H,1-5H2. The van der Waals surface area contributed by atoms with Gasteiger partial charge in [-0.3, -0.25) is 0 Å². The predicted octanol–water partition coefficient (Wildman–Crippen LogP) is 0.860. The van der Waals surface area contributed by atoms with Crippen LogP contribution in [0.3, 0.4) is 0 Å². The molecule has 1 saturated heterocycles. The Balaban J connectivity index is 2.12. The van der Waals surface area contributed by atoms with Crippen molar-refractivity contribution in [2.75, 3.05) is 19.7 Å². The highest BCUT2D eigenvalue weighted by molar-refractivity contribution is 4.94. The Labute approximate surface area is 76.3 Å². The maximum absolute atomic E-state index is 13.1. The number of alkyl halides is 2. The second-order valence-electron chi connectivity index (χ2n) is 4.29. The lowest BCUT2D eigenvalue weighted by Gasteiger charge is -2.45. The molecule has 0 spiro atoms. The van der Waals surface area contributed by atoms with E-state index in [1.165, 1.54) is 0 Å². The molecule has 0 aromatic carbocycles. The molecular weight excluding hydrogens is 176 g/mol. The Morgan fingerprint density at radius 1 is 1.23 bits per heavy atom. The quantitative estimate of drug-likeness (QED) is 0.644. The van der Waals surface area contributed by atoms with Crippen LogP contribution in [0.25, 0.3) is 0 Å². The first kappa shape index (κ1) is 9.34. The van der Waals surface area contributed by atoms with E-state index in [1.807, 2.05) is 0 Å². The average Bonchev–Trinajstić information content (AvgIpc) is 2.01. The van der Waals surface area contributed by atoms with Crippen LogP contribution in [0.5, 0.6) is 0 Å². The minimum Gasteiger partial charge on any atom is -0.396 e. The van der Waals surface area contributed by atoms with Crippen molar-refractivity contribution in [2.45, 2.75) is 18.8 Å². The monoisotopic (exact) mass is 191 g/mol. The molecule has 2 aliphatic rings. The van der Waals surface area contributed by atoms with Crippen molar-refractivity contribution < 1.29 is 13.9 Å². The molecule has 2 nitrogen and oxygen atoms in total. The van der Waals surface area contributed by atoms with Gasteiger partial charge in [-0.25, -0.2) is 8.78 Å². The van der Waals surface area contributed by atoms with Gasteiger partial charge in [0, 0.05) is 19.4 Å². The van der Waals surface area contributed by atoms with Crippen molar-refractivity contribution >= 4 is 0 Å². The third kappa shape index (κ3) is 1.70. The molecule has 2 fully saturated rings. The van der Waals surface area contributed by atoms with Crippen molar-refractivity contribution in [1.82, 2.24) is 5.32 Å². The van der Waals surface area contributed by atoms with Gasteiger partial charge in [-0.1, -0.05) is 0 Å². The summed E-state index contributed by atoms with van der Waals surface area (Å²) in [4.78, 5) is 0. The van der Waals surface area contributed by atoms with Crippen molar-refractivity contribution in [1.29, 1.82) is 0 Å². The lowest BCUT2D eigenvalue weighted by molar-refractivity contribution is -0.112. The second kappa shape index (κ2) is 3.17. The highest BCUT2D eigenvalue weighted by Crippen LogP contribution is 2.44. The number of rotatable bonds is 1. The normalized spacial score (nSPS) is 43.2. The van der Waals surface area contributed by atoms with Crippen LogP contribution in [-0.4, -0.2) is 30.7 Å². The maximum Gasteiger partial charge on any atom is 0.248 e. The first-order valence-electron chi connectivity index (χ1n) is 4.82. The summed E-state index contributed by atoms with van der Waals surface area (Å²) in [5.74, 6) is -2.47. The molecule has 1 aliphatic heterocycles. The minimum absolute atomic E-state index is 0.0347. The van der Waals surface area contributed by atoms with E-state index >= 15 is 0 Å². The van der Waals surface area contributed by atoms with Gasteiger partial charge in [0.05, 0.1) is 0 Å². The number of hydrogen-bond acceptors (Lipinski definition) is 2. The fourth-order valence-electron chi connectivity index (χ4n) is 2.74. The van der Waals surface area contributed by atoms with E-state index in [9.17, 15) is 8.78 Å². The van der Waals surface area contributed by atoms with E-state index in [2.05, 4.69) is 5.32 Å². The Morgan fingerprint density at radius 3 is 2.23 bits per heavy atom. The Bertz CT molecular complexity index is 182. The summed E-state index contributed by atoms with van der Waals surface area (Å²) in [6, 6.07) is 0. The lowest BCUT2D eigenvalue weighted by atomic mass is 9.68. The highest BCUT2D eigenvalue weighted by atomic mass is 19.3. The van der Waals surface area contributed by atoms with E-state index in [1.54, 1.807) is 0 Å². The molecule has 2 unspecified atom stereocenters. The molecular formula is C9H15F2NO. The van der Waals surface area contributed by atoms with E-state index in [4.69, 9.17) is 5.11 Å². The molecule has 0 amide bonds. The van der Waals surface area contributed by atoms with E-state index in [0.717, 1.165) is 0 Å². The van der Waals surface area contributed by atoms with Gasteiger partial charge < -0.3 is 10.4 Å². The number of halogens is 2. The zero-order valence-electron chi connectivity index (χ0n) is 7.47. The summed E-state index contributed by atoms with van der Waals surface area (Å²) < 4.78 is 26.3. The van der Waals surface area contributed by atoms with Gasteiger partial charge in [-0.15, -0.1) is 0 Å². The third-order valence-electron chi connectivity index (χ3n) is 3.36. The summed E-state index contributed by atoms with van der Waals surface area (Å²) in [6.45, 7) is 1.34. The van der Waals surface area contributed by atoms with Crippen LogP contribution in [0.1, 0.15) is 12.8 Å². The Hall–Kier alpha value is -0.220. The van der Waals surface area contributed by atoms with Gasteiger partial charge in [-0.05, 0) is 30.8 Å². The summed E-state index contributed by atoms with van der Waals surface area (Å²) in [6.07, 6.45) is -0.108.